The van der Waals surface area contributed by atoms with E-state index in [-0.39, 0.29) is 11.1 Å². The number of nitrogens with zero attached hydrogens (tertiary/aromatic N) is 14. The molecule has 0 amide bonds. The van der Waals surface area contributed by atoms with E-state index in [1.54, 1.807) is 11.8 Å². The maximum absolute atomic E-state index is 6.17. The number of pyridine rings is 2. The molecule has 0 bridgehead atoms. The van der Waals surface area contributed by atoms with Gasteiger partial charge in [0, 0.05) is 87.6 Å². The Morgan fingerprint density at radius 2 is 1.05 bits per heavy atom. The van der Waals surface area contributed by atoms with Crippen LogP contribution in [0.1, 0.15) is 101 Å². The van der Waals surface area contributed by atoms with Crippen LogP contribution in [-0.4, -0.2) is 158 Å². The van der Waals surface area contributed by atoms with Gasteiger partial charge in [-0.2, -0.15) is 9.97 Å². The lowest BCUT2D eigenvalue weighted by Crippen LogP contribution is -2.48. The third-order valence-electron chi connectivity index (χ3n) is 17.1. The summed E-state index contributed by atoms with van der Waals surface area (Å²) in [6.45, 7) is 10.1. The summed E-state index contributed by atoms with van der Waals surface area (Å²) in [5.41, 5.74) is 12.9. The van der Waals surface area contributed by atoms with Gasteiger partial charge in [-0.3, -0.25) is 9.98 Å². The van der Waals surface area contributed by atoms with Crippen molar-refractivity contribution < 1.29 is 0 Å². The molecule has 74 heavy (non-hydrogen) atoms. The Morgan fingerprint density at radius 1 is 0.568 bits per heavy atom. The van der Waals surface area contributed by atoms with Gasteiger partial charge < -0.3 is 50.4 Å². The lowest BCUT2D eigenvalue weighted by Gasteiger charge is -2.42. The molecule has 3 aliphatic carbocycles. The lowest BCUT2D eigenvalue weighted by molar-refractivity contribution is 0.202. The maximum Gasteiger partial charge on any atom is 0.230 e. The van der Waals surface area contributed by atoms with Crippen molar-refractivity contribution in [3.05, 3.63) is 72.6 Å². The minimum Gasteiger partial charge on any atom is -0.368 e. The highest BCUT2D eigenvalue weighted by atomic mass is 32.2. The normalized spacial score (nSPS) is 22.9. The molecule has 390 valence electrons. The molecular weight excluding hydrogens is 945 g/mol. The number of amidine groups is 1. The van der Waals surface area contributed by atoms with Crippen molar-refractivity contribution in [1.82, 2.24) is 54.2 Å². The van der Waals surface area contributed by atoms with Crippen LogP contribution >= 0.6 is 11.8 Å². The zero-order valence-corrected chi connectivity index (χ0v) is 44.5. The summed E-state index contributed by atoms with van der Waals surface area (Å²) in [6.07, 6.45) is 26.4. The number of aliphatic imine (C=N–C) groups is 2. The van der Waals surface area contributed by atoms with Gasteiger partial charge in [0.2, 0.25) is 11.9 Å². The van der Waals surface area contributed by atoms with Crippen LogP contribution in [0, 0.1) is 0 Å². The summed E-state index contributed by atoms with van der Waals surface area (Å²) < 4.78 is 4.99. The third-order valence-corrected chi connectivity index (χ3v) is 17.9. The van der Waals surface area contributed by atoms with Gasteiger partial charge >= 0.3 is 0 Å². The molecular formula is C55H74N18S. The molecule has 5 fully saturated rings. The van der Waals surface area contributed by atoms with Gasteiger partial charge in [-0.1, -0.05) is 38.5 Å². The quantitative estimate of drug-likeness (QED) is 0.122. The van der Waals surface area contributed by atoms with Gasteiger partial charge in [-0.25, -0.2) is 19.9 Å². The molecule has 10 heterocycles. The number of hydrogen-bond donors (Lipinski definition) is 4. The van der Waals surface area contributed by atoms with Crippen LogP contribution in [0.4, 0.5) is 34.9 Å². The molecule has 7 aliphatic rings. The lowest BCUT2D eigenvalue weighted by atomic mass is 9.80. The molecule has 5 N–H and O–H groups in total. The average Bonchev–Trinajstić information content (AvgIpc) is 4.03. The number of likely N-dealkylation sites (N-methyl/N-ethyl adjacent to an activating group) is 2. The first-order chi connectivity index (χ1) is 36.2. The van der Waals surface area contributed by atoms with E-state index < -0.39 is 0 Å². The molecule has 0 aromatic carbocycles. The number of anilines is 6. The van der Waals surface area contributed by atoms with Crippen LogP contribution < -0.4 is 31.5 Å². The Bertz CT molecular complexity index is 2960. The first-order valence-corrected chi connectivity index (χ1v) is 28.7. The summed E-state index contributed by atoms with van der Waals surface area (Å²) in [5.74, 6) is 3.70. The van der Waals surface area contributed by atoms with Crippen LogP contribution in [0.15, 0.2) is 71.2 Å². The maximum atomic E-state index is 6.17. The van der Waals surface area contributed by atoms with E-state index in [1.165, 1.54) is 49.9 Å². The molecule has 6 aromatic heterocycles. The fraction of sp³-hybridized carbons (Fsp3) is 0.564. The highest BCUT2D eigenvalue weighted by Gasteiger charge is 2.42. The minimum absolute atomic E-state index is 0.0105. The molecule has 4 aliphatic heterocycles. The average molecular weight is 1020 g/mol. The molecule has 0 atom stereocenters. The Balaban J connectivity index is 0.000000152. The SMILES string of the molecule is CN1CCN(c2ccc(Nc3ncc4cc5n(c4n3)C3(CCCCC3)CN=C5NC3CCC(N)CC3)nc2)CC1.CSC1=NCC2(CCCCC2)n2c1cc1cnc(Nc3ccc(N4CCN(C)CC4)cn3)nc12. The van der Waals surface area contributed by atoms with Crippen LogP contribution in [0.5, 0.6) is 0 Å². The summed E-state index contributed by atoms with van der Waals surface area (Å²) >= 11 is 1.72. The Kier molecular flexibility index (Phi) is 13.9. The van der Waals surface area contributed by atoms with E-state index >= 15 is 0 Å². The highest BCUT2D eigenvalue weighted by molar-refractivity contribution is 8.13. The van der Waals surface area contributed by atoms with Gasteiger partial charge in [0.1, 0.15) is 33.8 Å². The Hall–Kier alpha value is -5.89. The number of nitrogens with two attached hydrogens (primary N) is 1. The zero-order valence-electron chi connectivity index (χ0n) is 43.6. The van der Waals surface area contributed by atoms with E-state index in [1.807, 2.05) is 36.9 Å². The topological polar surface area (TPSA) is 187 Å². The first kappa shape index (κ1) is 49.0. The van der Waals surface area contributed by atoms with Gasteiger partial charge in [-0.15, -0.1) is 11.8 Å². The van der Waals surface area contributed by atoms with Gasteiger partial charge in [0.05, 0.1) is 59.3 Å². The number of hydrogen-bond acceptors (Lipinski definition) is 17. The van der Waals surface area contributed by atoms with E-state index in [4.69, 9.17) is 30.7 Å². The molecule has 0 unspecified atom stereocenters. The second-order valence-electron chi connectivity index (χ2n) is 22.1. The Labute approximate surface area is 439 Å². The van der Waals surface area contributed by atoms with Crippen molar-refractivity contribution in [2.75, 3.05) is 106 Å². The summed E-state index contributed by atoms with van der Waals surface area (Å²) in [4.78, 5) is 48.4. The zero-order chi connectivity index (χ0) is 50.2. The third kappa shape index (κ3) is 9.92. The fourth-order valence-electron chi connectivity index (χ4n) is 12.7. The number of aromatic nitrogens is 8. The van der Waals surface area contributed by atoms with Gasteiger partial charge in [0.25, 0.3) is 0 Å². The highest BCUT2D eigenvalue weighted by Crippen LogP contribution is 2.44. The van der Waals surface area contributed by atoms with E-state index in [2.05, 4.69) is 104 Å². The standard InChI is InChI=1S/C30H42N10.C25H32N8S/c1-38-13-15-39(16-14-38)24-9-10-26(32-19-24)36-29-33-18-21-17-25-27(35-23-7-5-22(31)6-8-23)34-20-30(11-3-2-4-12-30)40(25)28(21)37-29;1-31-10-12-32(13-11-31)19-6-7-21(26-16-19)29-24-27-15-18-14-20-23(34-2)28-17-25(8-4-3-5-9-25)33(20)22(18)30-24/h9-10,17-19,22-23H,2-8,11-16,20,31H2,1H3,(H,34,35)(H,32,33,36,37);6-7,14-16H,3-5,8-13,17H2,1-2H3,(H,26,27,29,30). The molecule has 2 saturated heterocycles. The second kappa shape index (κ2) is 21.0. The summed E-state index contributed by atoms with van der Waals surface area (Å²) in [5, 5.41) is 13.7. The first-order valence-electron chi connectivity index (χ1n) is 27.5. The van der Waals surface area contributed by atoms with Crippen molar-refractivity contribution in [2.45, 2.75) is 113 Å². The molecule has 0 radical (unpaired) electrons. The van der Waals surface area contributed by atoms with Crippen molar-refractivity contribution in [2.24, 2.45) is 15.7 Å². The second-order valence-corrected chi connectivity index (χ2v) is 22.9. The number of fused-ring (bicyclic) bond motifs is 8. The largest absolute Gasteiger partial charge is 0.368 e. The predicted octanol–water partition coefficient (Wildman–Crippen LogP) is 7.71. The molecule has 6 aromatic rings. The van der Waals surface area contributed by atoms with Crippen molar-refractivity contribution in [1.29, 1.82) is 0 Å². The van der Waals surface area contributed by atoms with E-state index in [0.29, 0.717) is 24.0 Å². The smallest absolute Gasteiger partial charge is 0.230 e. The molecule has 3 saturated carbocycles. The predicted molar refractivity (Wildman–Crippen MR) is 301 cm³/mol. The molecule has 2 spiro atoms. The monoisotopic (exact) mass is 1020 g/mol. The number of nitrogens with one attached hydrogen (secondary N) is 3. The fourth-order valence-corrected chi connectivity index (χ4v) is 13.3. The van der Waals surface area contributed by atoms with Crippen LogP contribution in [0.3, 0.4) is 0 Å². The number of thioether (sulfide) groups is 1. The summed E-state index contributed by atoms with van der Waals surface area (Å²) in [6, 6.07) is 13.5. The molecule has 18 nitrogen and oxygen atoms in total. The van der Waals surface area contributed by atoms with Crippen molar-refractivity contribution in [3.8, 4) is 0 Å². The van der Waals surface area contributed by atoms with Crippen molar-refractivity contribution >= 4 is 79.6 Å². The van der Waals surface area contributed by atoms with Crippen molar-refractivity contribution in [3.63, 3.8) is 0 Å². The van der Waals surface area contributed by atoms with Gasteiger partial charge in [0.15, 0.2) is 0 Å². The molecule has 19 heteroatoms. The molecule has 13 rings (SSSR count). The van der Waals surface area contributed by atoms with Gasteiger partial charge in [-0.05, 0) is 108 Å². The summed E-state index contributed by atoms with van der Waals surface area (Å²) in [7, 11) is 4.35. The van der Waals surface area contributed by atoms with E-state index in [9.17, 15) is 0 Å². The minimum atomic E-state index is -0.0105. The number of piperazine rings is 2. The van der Waals surface area contributed by atoms with Crippen LogP contribution in [-0.2, 0) is 11.1 Å². The number of rotatable bonds is 7. The Morgan fingerprint density at radius 3 is 1.54 bits per heavy atom. The van der Waals surface area contributed by atoms with Crippen LogP contribution in [0.2, 0.25) is 0 Å². The van der Waals surface area contributed by atoms with E-state index in [0.717, 1.165) is 173 Å². The van der Waals surface area contributed by atoms with Crippen LogP contribution in [0.25, 0.3) is 22.1 Å².